The van der Waals surface area contributed by atoms with E-state index in [1.165, 1.54) is 86.6 Å². The molecule has 4 heterocycles. The van der Waals surface area contributed by atoms with Crippen molar-refractivity contribution >= 4 is 42.2 Å². The van der Waals surface area contributed by atoms with Crippen LogP contribution in [0.4, 0.5) is 19.7 Å². The van der Waals surface area contributed by atoms with Crippen LogP contribution >= 0.6 is 0 Å². The number of methoxy groups -OCH3 is 8. The van der Waals surface area contributed by atoms with Crippen molar-refractivity contribution in [3.63, 3.8) is 0 Å². The van der Waals surface area contributed by atoms with Gasteiger partial charge >= 0.3 is 23.6 Å². The molecule has 1 amide bonds. The van der Waals surface area contributed by atoms with Gasteiger partial charge < -0.3 is 82.7 Å². The third kappa shape index (κ3) is 22.3. The first-order valence-corrected chi connectivity index (χ1v) is 38.4. The average Bonchev–Trinajstić information content (AvgIpc) is 1.67. The van der Waals surface area contributed by atoms with Crippen molar-refractivity contribution in [1.82, 2.24) is 49.5 Å². The van der Waals surface area contributed by atoms with E-state index in [-0.39, 0.29) is 57.8 Å². The molecule has 0 aliphatic carbocycles. The molecule has 13 rings (SSSR count). The predicted molar refractivity (Wildman–Crippen MR) is 458 cm³/mol. The summed E-state index contributed by atoms with van der Waals surface area (Å²) in [6, 6.07) is 43.9. The number of rotatable bonds is 26. The van der Waals surface area contributed by atoms with Gasteiger partial charge in [-0.3, -0.25) is 24.3 Å². The number of ether oxygens (including phenoxy) is 11. The zero-order valence-electron chi connectivity index (χ0n) is 70.4. The van der Waals surface area contributed by atoms with Crippen LogP contribution in [-0.4, -0.2) is 198 Å². The van der Waals surface area contributed by atoms with Crippen molar-refractivity contribution in [3.05, 3.63) is 233 Å². The summed E-state index contributed by atoms with van der Waals surface area (Å²) in [6.45, 7) is 15.5. The van der Waals surface area contributed by atoms with Crippen LogP contribution in [0.2, 0.25) is 0 Å². The van der Waals surface area contributed by atoms with E-state index in [0.717, 1.165) is 55.0 Å². The lowest BCUT2D eigenvalue weighted by Gasteiger charge is -2.34. The van der Waals surface area contributed by atoms with E-state index >= 15 is 0 Å². The van der Waals surface area contributed by atoms with E-state index in [9.17, 15) is 54.1 Å². The number of phenolic OH excluding ortho intramolecular Hbond substituents is 4. The number of hydrogen-bond acceptors (Lipinski definition) is 26. The van der Waals surface area contributed by atoms with E-state index in [1.807, 2.05) is 113 Å². The highest BCUT2D eigenvalue weighted by Gasteiger charge is 2.27. The summed E-state index contributed by atoms with van der Waals surface area (Å²) in [6.07, 6.45) is 5.92. The van der Waals surface area contributed by atoms with Gasteiger partial charge in [-0.25, -0.2) is 38.5 Å². The summed E-state index contributed by atoms with van der Waals surface area (Å²) in [5.41, 5.74) is 7.59. The number of nitro groups is 1. The minimum atomic E-state index is -1.03. The van der Waals surface area contributed by atoms with Crippen molar-refractivity contribution in [2.75, 3.05) is 116 Å². The predicted octanol–water partition coefficient (Wildman–Crippen LogP) is 14.4. The third-order valence-corrected chi connectivity index (χ3v) is 19.7. The number of phenols is 4. The molecule has 642 valence electrons. The molecule has 2 aromatic heterocycles. The molecule has 2 aliphatic rings. The number of halogens is 1. The van der Waals surface area contributed by atoms with Crippen LogP contribution in [0, 0.1) is 10.1 Å². The molecule has 0 saturated carbocycles. The molecule has 0 radical (unpaired) electrons. The normalized spacial score (nSPS) is 12.9. The van der Waals surface area contributed by atoms with Gasteiger partial charge in [0.15, 0.2) is 57.6 Å². The highest BCUT2D eigenvalue weighted by molar-refractivity contribution is 5.78. The van der Waals surface area contributed by atoms with Gasteiger partial charge in [-0.1, -0.05) is 88.4 Å². The van der Waals surface area contributed by atoms with Crippen LogP contribution in [0.1, 0.15) is 85.4 Å². The molecule has 33 heteroatoms. The number of nitrogens with one attached hydrogen (secondary N) is 3. The van der Waals surface area contributed by atoms with E-state index in [0.29, 0.717) is 129 Å². The Balaban J connectivity index is 0.000000201. The Morgan fingerprint density at radius 3 is 1.23 bits per heavy atom. The number of aromatic nitrogens is 6. The molecule has 32 nitrogen and oxygen atoms in total. The number of amides is 1. The largest absolute Gasteiger partial charge is 0.519 e. The lowest BCUT2D eigenvalue weighted by molar-refractivity contribution is -0.384. The quantitative estimate of drug-likeness (QED) is 0.00870. The van der Waals surface area contributed by atoms with Gasteiger partial charge in [0.05, 0.1) is 92.8 Å². The van der Waals surface area contributed by atoms with Gasteiger partial charge in [0.25, 0.3) is 5.69 Å². The summed E-state index contributed by atoms with van der Waals surface area (Å²) in [5.74, 6) is 4.63. The molecule has 2 aliphatic heterocycles. The van der Waals surface area contributed by atoms with E-state index in [1.54, 1.807) is 86.9 Å². The number of carbonyl (C=O) groups is 2. The van der Waals surface area contributed by atoms with Gasteiger partial charge in [-0.2, -0.15) is 10.2 Å². The number of nitrogens with zero attached hydrogens (tertiary/aromatic N) is 8. The number of aromatic amines is 2. The van der Waals surface area contributed by atoms with Gasteiger partial charge in [0.2, 0.25) is 11.5 Å². The first kappa shape index (κ1) is 88.5. The molecule has 2 fully saturated rings. The molecule has 0 bridgehead atoms. The Bertz CT molecular complexity index is 5590. The molecule has 0 atom stereocenters. The molecule has 7 N–H and O–H groups in total. The summed E-state index contributed by atoms with van der Waals surface area (Å²) in [4.78, 5) is 67.4. The van der Waals surface area contributed by atoms with Gasteiger partial charge in [-0.05, 0) is 153 Å². The summed E-state index contributed by atoms with van der Waals surface area (Å²) >= 11 is 0. The van der Waals surface area contributed by atoms with Crippen molar-refractivity contribution in [1.29, 1.82) is 0 Å². The molecular weight excluding hydrogens is 1580 g/mol. The van der Waals surface area contributed by atoms with Crippen LogP contribution in [0.5, 0.6) is 86.2 Å². The fourth-order valence-corrected chi connectivity index (χ4v) is 13.4. The molecule has 0 unspecified atom stereocenters. The van der Waals surface area contributed by atoms with Crippen LogP contribution in [0.3, 0.4) is 0 Å². The second kappa shape index (κ2) is 42.4. The van der Waals surface area contributed by atoms with Crippen LogP contribution in [0.15, 0.2) is 167 Å². The van der Waals surface area contributed by atoms with E-state index < -0.39 is 35.7 Å². The Morgan fingerprint density at radius 1 is 0.475 bits per heavy atom. The van der Waals surface area contributed by atoms with E-state index in [4.69, 9.17) is 53.5 Å². The summed E-state index contributed by atoms with van der Waals surface area (Å²) in [5, 5.41) is 68.8. The Labute approximate surface area is 704 Å². The Hall–Kier alpha value is -14.3. The van der Waals surface area contributed by atoms with Gasteiger partial charge in [0.1, 0.15) is 28.7 Å². The van der Waals surface area contributed by atoms with Gasteiger partial charge in [0, 0.05) is 89.7 Å². The molecule has 0 spiro atoms. The van der Waals surface area contributed by atoms with Crippen molar-refractivity contribution in [3.8, 4) is 120 Å². The van der Waals surface area contributed by atoms with Crippen molar-refractivity contribution in [2.24, 2.45) is 0 Å². The van der Waals surface area contributed by atoms with Crippen LogP contribution in [-0.2, 0) is 13.1 Å². The van der Waals surface area contributed by atoms with Crippen LogP contribution in [0.25, 0.3) is 58.5 Å². The molecule has 122 heavy (non-hydrogen) atoms. The standard InChI is InChI=1S/C41H45N5O9.C25H23NO9.C22H27N5O3.CH3F/c1-25(2)30-22-31(33(48)23-32(30)47)39-42-43-40(49)46(39)29-12-9-27(10-13-29)24-44-15-17-45(18-16-44)41(50)55-35-19-26(11-14-34(35)51-3)7-8-28-20-36(52-4)38(54-6)37(21-28)53-5;1-30-20-12-7-16(5-6-17-14-22(31-2)24(33-4)23(15-17)32-3)13-21(20)35-25(27)34-19-10-8-18(9-11-19)26(28)29;1-14(2)17-11-18(20(29)12-19(17)28)21-24-25-22(30)27(21)16-5-3-15(4-6-16)13-26-9-7-23-8-10-26;1-2/h7-14,19-23,25,47-48H,15-18,24H2,1-6H3,(H,43,49);5-15H,1-4H3;3-6,11-12,14,23,28-29H,7-10,13H2,1-2H3,(H,25,30);1H3/b8-7-;6-5-;;/i;;;1D. The number of nitro benzene ring substituents is 1. The minimum absolute atomic E-state index is 0.0116. The lowest BCUT2D eigenvalue weighted by atomic mass is 9.98. The van der Waals surface area contributed by atoms with Crippen LogP contribution < -0.4 is 68.8 Å². The number of alkyl halides is 1. The number of non-ortho nitro benzene ring substituents is 1. The first-order valence-electron chi connectivity index (χ1n) is 39.1. The SMILES string of the molecule is CC(C)c1cc(-c2n[nH]c(=O)n2-c2ccc(CN3CCNCC3)cc2)c(O)cc1O.COc1ccc(/C=C\c2cc(OC)c(OC)c(OC)c2)cc1OC(=O)N1CCN(Cc2ccc(-n3c(-c4cc(C(C)C)c(O)cc4O)n[nH]c3=O)cc2)CC1.COc1ccc(/C=C\c2cc(OC)c(OC)c(OC)c2)cc1OC(=O)Oc1ccc([N+](=O)[O-])cc1.[2H]CF. The fraction of sp³-hybridized carbons (Fsp3) is 0.281. The number of hydrogen-bond donors (Lipinski definition) is 7. The Kier molecular flexibility index (Phi) is 30.7. The second-order valence-corrected chi connectivity index (χ2v) is 28.1. The highest BCUT2D eigenvalue weighted by Crippen LogP contribution is 2.43. The average molecular weight is 1680 g/mol. The lowest BCUT2D eigenvalue weighted by Crippen LogP contribution is -2.49. The van der Waals surface area contributed by atoms with Crippen molar-refractivity contribution < 1.29 is 92.8 Å². The zero-order valence-corrected chi connectivity index (χ0v) is 69.4. The monoisotopic (exact) mass is 1680 g/mol. The zero-order chi connectivity index (χ0) is 88.6. The molecular formula is C89H98FN11O21. The highest BCUT2D eigenvalue weighted by atomic mass is 19.1. The fourth-order valence-electron chi connectivity index (χ4n) is 13.4. The number of benzene rings is 9. The summed E-state index contributed by atoms with van der Waals surface area (Å²) < 4.78 is 77.7. The number of carbonyl (C=O) groups excluding carboxylic acids is 2. The number of piperazine rings is 2. The Morgan fingerprint density at radius 2 is 0.852 bits per heavy atom. The maximum Gasteiger partial charge on any atom is 0.519 e. The van der Waals surface area contributed by atoms with Crippen molar-refractivity contribution in [2.45, 2.75) is 52.6 Å². The first-order chi connectivity index (χ1) is 59.2. The summed E-state index contributed by atoms with van der Waals surface area (Å²) in [7, 11) is 11.2. The van der Waals surface area contributed by atoms with Gasteiger partial charge in [-0.15, -0.1) is 0 Å². The second-order valence-electron chi connectivity index (χ2n) is 28.1. The topological polar surface area (TPSA) is 383 Å². The molecule has 2 saturated heterocycles. The number of H-pyrrole nitrogens is 2. The minimum Gasteiger partial charge on any atom is -0.508 e. The van der Waals surface area contributed by atoms with E-state index in [2.05, 4.69) is 35.5 Å². The molecule has 9 aromatic carbocycles. The molecule has 11 aromatic rings. The maximum atomic E-state index is 13.3. The maximum absolute atomic E-state index is 13.3. The number of aromatic hydroxyl groups is 4. The third-order valence-electron chi connectivity index (χ3n) is 19.7. The smallest absolute Gasteiger partial charge is 0.508 e.